The molecule has 2 heterocycles. The summed E-state index contributed by atoms with van der Waals surface area (Å²) in [5, 5.41) is 0. The van der Waals surface area contributed by atoms with E-state index >= 15 is 0 Å². The zero-order chi connectivity index (χ0) is 16.2. The predicted octanol–water partition coefficient (Wildman–Crippen LogP) is 3.30. The SMILES string of the molecule is C=Cc1cccnc1C(=O)CCC(=O)c1ccc2c(c1)OCO2. The Hall–Kier alpha value is -2.95. The minimum absolute atomic E-state index is 0.102. The molecule has 1 aliphatic rings. The minimum atomic E-state index is -0.172. The molecule has 0 aliphatic carbocycles. The number of carbonyl (C=O) groups excluding carboxylic acids is 2. The highest BCUT2D eigenvalue weighted by Gasteiger charge is 2.18. The average Bonchev–Trinajstić information content (AvgIpc) is 3.06. The quantitative estimate of drug-likeness (QED) is 0.766. The van der Waals surface area contributed by atoms with Crippen molar-refractivity contribution in [1.82, 2.24) is 4.98 Å². The third-order valence-electron chi connectivity index (χ3n) is 3.60. The lowest BCUT2D eigenvalue weighted by Gasteiger charge is -2.04. The number of ketones is 2. The van der Waals surface area contributed by atoms with Crippen LogP contribution < -0.4 is 9.47 Å². The molecule has 1 aromatic heterocycles. The number of hydrogen-bond acceptors (Lipinski definition) is 5. The monoisotopic (exact) mass is 309 g/mol. The Balaban J connectivity index is 1.67. The van der Waals surface area contributed by atoms with E-state index in [1.54, 1.807) is 42.6 Å². The Kier molecular flexibility index (Phi) is 4.19. The molecule has 3 rings (SSSR count). The van der Waals surface area contributed by atoms with Gasteiger partial charge in [-0.3, -0.25) is 14.6 Å². The maximum atomic E-state index is 12.2. The Labute approximate surface area is 133 Å². The highest BCUT2D eigenvalue weighted by Crippen LogP contribution is 2.32. The van der Waals surface area contributed by atoms with Gasteiger partial charge in [0.25, 0.3) is 0 Å². The topological polar surface area (TPSA) is 65.5 Å². The number of carbonyl (C=O) groups is 2. The summed E-state index contributed by atoms with van der Waals surface area (Å²) in [6.45, 7) is 3.83. The normalized spacial score (nSPS) is 12.0. The zero-order valence-corrected chi connectivity index (χ0v) is 12.5. The molecule has 1 aromatic carbocycles. The number of nitrogens with zero attached hydrogens (tertiary/aromatic N) is 1. The highest BCUT2D eigenvalue weighted by molar-refractivity contribution is 6.02. The van der Waals surface area contributed by atoms with E-state index < -0.39 is 0 Å². The molecule has 0 saturated heterocycles. The Bertz CT molecular complexity index is 782. The maximum absolute atomic E-state index is 12.2. The van der Waals surface area contributed by atoms with Crippen molar-refractivity contribution >= 4 is 17.6 Å². The molecule has 23 heavy (non-hydrogen) atoms. The second-order valence-electron chi connectivity index (χ2n) is 5.06. The molecule has 0 spiro atoms. The predicted molar refractivity (Wildman–Crippen MR) is 84.8 cm³/mol. The number of rotatable bonds is 6. The van der Waals surface area contributed by atoms with Gasteiger partial charge in [-0.1, -0.05) is 18.7 Å². The van der Waals surface area contributed by atoms with Gasteiger partial charge in [0.15, 0.2) is 23.1 Å². The average molecular weight is 309 g/mol. The van der Waals surface area contributed by atoms with E-state index in [0.29, 0.717) is 28.3 Å². The number of hydrogen-bond donors (Lipinski definition) is 0. The summed E-state index contributed by atoms with van der Waals surface area (Å²) in [5.74, 6) is 0.893. The van der Waals surface area contributed by atoms with Crippen LogP contribution in [0.15, 0.2) is 43.1 Å². The molecule has 0 unspecified atom stereocenters. The molecule has 1 aliphatic heterocycles. The summed E-state index contributed by atoms with van der Waals surface area (Å²) in [7, 11) is 0. The van der Waals surface area contributed by atoms with Crippen LogP contribution in [-0.2, 0) is 0 Å². The van der Waals surface area contributed by atoms with Gasteiger partial charge < -0.3 is 9.47 Å². The number of fused-ring (bicyclic) bond motifs is 1. The number of benzene rings is 1. The van der Waals surface area contributed by atoms with Crippen molar-refractivity contribution in [2.45, 2.75) is 12.8 Å². The van der Waals surface area contributed by atoms with E-state index in [-0.39, 0.29) is 31.2 Å². The van der Waals surface area contributed by atoms with Gasteiger partial charge in [0.2, 0.25) is 6.79 Å². The van der Waals surface area contributed by atoms with E-state index in [2.05, 4.69) is 11.6 Å². The van der Waals surface area contributed by atoms with Crippen LogP contribution >= 0.6 is 0 Å². The van der Waals surface area contributed by atoms with E-state index in [4.69, 9.17) is 9.47 Å². The van der Waals surface area contributed by atoms with E-state index in [0.717, 1.165) is 0 Å². The van der Waals surface area contributed by atoms with Crippen molar-refractivity contribution in [3.05, 3.63) is 59.9 Å². The lowest BCUT2D eigenvalue weighted by atomic mass is 10.0. The van der Waals surface area contributed by atoms with E-state index in [1.807, 2.05) is 0 Å². The molecule has 0 radical (unpaired) electrons. The molecule has 5 nitrogen and oxygen atoms in total. The van der Waals surface area contributed by atoms with Crippen LogP contribution in [0.25, 0.3) is 6.08 Å². The second-order valence-corrected chi connectivity index (χ2v) is 5.06. The molecule has 0 atom stereocenters. The van der Waals surface area contributed by atoms with Gasteiger partial charge in [-0.05, 0) is 24.3 Å². The Morgan fingerprint density at radius 1 is 1.13 bits per heavy atom. The molecule has 0 saturated carbocycles. The van der Waals surface area contributed by atoms with Gasteiger partial charge in [0, 0.05) is 30.2 Å². The molecule has 0 bridgehead atoms. The zero-order valence-electron chi connectivity index (χ0n) is 12.5. The second kappa shape index (κ2) is 6.44. The van der Waals surface area contributed by atoms with E-state index in [1.165, 1.54) is 0 Å². The lowest BCUT2D eigenvalue weighted by Crippen LogP contribution is -2.08. The Morgan fingerprint density at radius 3 is 2.74 bits per heavy atom. The van der Waals surface area contributed by atoms with Crippen molar-refractivity contribution in [3.8, 4) is 11.5 Å². The first-order valence-electron chi connectivity index (χ1n) is 7.22. The van der Waals surface area contributed by atoms with Gasteiger partial charge in [-0.15, -0.1) is 0 Å². The molecule has 2 aromatic rings. The first-order chi connectivity index (χ1) is 11.2. The molecule has 5 heteroatoms. The minimum Gasteiger partial charge on any atom is -0.454 e. The molecule has 0 fully saturated rings. The largest absolute Gasteiger partial charge is 0.454 e. The van der Waals surface area contributed by atoms with Crippen LogP contribution in [0.1, 0.15) is 39.3 Å². The van der Waals surface area contributed by atoms with Crippen LogP contribution in [0.5, 0.6) is 11.5 Å². The van der Waals surface area contributed by atoms with Crippen molar-refractivity contribution in [3.63, 3.8) is 0 Å². The van der Waals surface area contributed by atoms with Crippen LogP contribution in [0.4, 0.5) is 0 Å². The number of aromatic nitrogens is 1. The van der Waals surface area contributed by atoms with Crippen molar-refractivity contribution < 1.29 is 19.1 Å². The molecule has 0 amide bonds. The summed E-state index contributed by atoms with van der Waals surface area (Å²) in [5.41, 5.74) is 1.53. The summed E-state index contributed by atoms with van der Waals surface area (Å²) >= 11 is 0. The van der Waals surface area contributed by atoms with Crippen molar-refractivity contribution in [1.29, 1.82) is 0 Å². The number of pyridine rings is 1. The lowest BCUT2D eigenvalue weighted by molar-refractivity contribution is 0.0914. The number of Topliss-reactive ketones (excluding diaryl/α,β-unsaturated/α-hetero) is 2. The van der Waals surface area contributed by atoms with Crippen LogP contribution in [0.2, 0.25) is 0 Å². The number of ether oxygens (including phenoxy) is 2. The summed E-state index contributed by atoms with van der Waals surface area (Å²) in [6, 6.07) is 8.53. The molecule has 116 valence electrons. The van der Waals surface area contributed by atoms with Gasteiger partial charge in [0.05, 0.1) is 0 Å². The summed E-state index contributed by atoms with van der Waals surface area (Å²) in [6.07, 6.45) is 3.36. The third-order valence-corrected chi connectivity index (χ3v) is 3.60. The fourth-order valence-electron chi connectivity index (χ4n) is 2.38. The van der Waals surface area contributed by atoms with Gasteiger partial charge in [-0.2, -0.15) is 0 Å². The fraction of sp³-hybridized carbons (Fsp3) is 0.167. The summed E-state index contributed by atoms with van der Waals surface area (Å²) < 4.78 is 10.5. The van der Waals surface area contributed by atoms with Crippen LogP contribution in [-0.4, -0.2) is 23.3 Å². The highest BCUT2D eigenvalue weighted by atomic mass is 16.7. The smallest absolute Gasteiger partial charge is 0.231 e. The van der Waals surface area contributed by atoms with Gasteiger partial charge in [0.1, 0.15) is 5.69 Å². The molecular weight excluding hydrogens is 294 g/mol. The fourth-order valence-corrected chi connectivity index (χ4v) is 2.38. The summed E-state index contributed by atoms with van der Waals surface area (Å²) in [4.78, 5) is 28.6. The van der Waals surface area contributed by atoms with Gasteiger partial charge in [-0.25, -0.2) is 0 Å². The maximum Gasteiger partial charge on any atom is 0.231 e. The van der Waals surface area contributed by atoms with Crippen LogP contribution in [0.3, 0.4) is 0 Å². The van der Waals surface area contributed by atoms with Crippen LogP contribution in [0, 0.1) is 0 Å². The molecular formula is C18H15NO4. The van der Waals surface area contributed by atoms with Crippen molar-refractivity contribution in [2.75, 3.05) is 6.79 Å². The molecule has 0 N–H and O–H groups in total. The standard InChI is InChI=1S/C18H15NO4/c1-2-12-4-3-9-19-18(12)15(21)7-6-14(20)13-5-8-16-17(10-13)23-11-22-16/h2-5,8-10H,1,6-7,11H2. The van der Waals surface area contributed by atoms with Crippen molar-refractivity contribution in [2.24, 2.45) is 0 Å². The van der Waals surface area contributed by atoms with E-state index in [9.17, 15) is 9.59 Å². The first kappa shape index (κ1) is 15.0. The third kappa shape index (κ3) is 3.13. The Morgan fingerprint density at radius 2 is 1.91 bits per heavy atom. The first-order valence-corrected chi connectivity index (χ1v) is 7.22. The van der Waals surface area contributed by atoms with Gasteiger partial charge >= 0.3 is 0 Å².